The monoisotopic (exact) mass is 312 g/mol. The first-order valence-electron chi connectivity index (χ1n) is 6.52. The molecular weight excluding hydrogens is 297 g/mol. The maximum absolute atomic E-state index is 12.6. The van der Waals surface area contributed by atoms with E-state index in [9.17, 15) is 18.0 Å². The van der Waals surface area contributed by atoms with Crippen LogP contribution in [-0.2, 0) is 17.5 Å². The molecule has 1 aromatic heterocycles. The topological polar surface area (TPSA) is 45.5 Å². The highest BCUT2D eigenvalue weighted by Crippen LogP contribution is 2.30. The number of benzene rings is 1. The van der Waals surface area contributed by atoms with Gasteiger partial charge >= 0.3 is 6.18 Å². The van der Waals surface area contributed by atoms with Crippen LogP contribution in [0.1, 0.15) is 11.3 Å². The molecule has 1 aromatic carbocycles. The van der Waals surface area contributed by atoms with Crippen molar-refractivity contribution in [3.05, 3.63) is 54.0 Å². The summed E-state index contributed by atoms with van der Waals surface area (Å²) >= 11 is 0. The lowest BCUT2D eigenvalue weighted by atomic mass is 10.2. The Hall–Kier alpha value is -2.28. The fourth-order valence-electron chi connectivity index (χ4n) is 1.94. The van der Waals surface area contributed by atoms with Crippen LogP contribution in [0.15, 0.2) is 47.1 Å². The SMILES string of the molecule is CN(CC(=O)Nc1cccc(C(F)(F)F)c1)Cc1ccco1. The molecule has 118 valence electrons. The number of hydrogen-bond acceptors (Lipinski definition) is 3. The molecule has 0 saturated carbocycles. The van der Waals surface area contributed by atoms with E-state index in [1.54, 1.807) is 24.1 Å². The number of nitrogens with one attached hydrogen (secondary N) is 1. The molecule has 1 heterocycles. The maximum atomic E-state index is 12.6. The lowest BCUT2D eigenvalue weighted by Crippen LogP contribution is -2.29. The normalized spacial score (nSPS) is 11.7. The van der Waals surface area contributed by atoms with E-state index in [1.165, 1.54) is 18.4 Å². The van der Waals surface area contributed by atoms with Crippen LogP contribution in [-0.4, -0.2) is 24.4 Å². The van der Waals surface area contributed by atoms with E-state index >= 15 is 0 Å². The molecular formula is C15H15F3N2O2. The van der Waals surface area contributed by atoms with Crippen molar-refractivity contribution in [2.75, 3.05) is 18.9 Å². The van der Waals surface area contributed by atoms with Gasteiger partial charge in [0.15, 0.2) is 0 Å². The van der Waals surface area contributed by atoms with Crippen LogP contribution in [0.3, 0.4) is 0 Å². The van der Waals surface area contributed by atoms with Crippen LogP contribution in [0.25, 0.3) is 0 Å². The average molecular weight is 312 g/mol. The molecule has 0 aliphatic heterocycles. The standard InChI is InChI=1S/C15H15F3N2O2/c1-20(9-13-6-3-7-22-13)10-14(21)19-12-5-2-4-11(8-12)15(16,17)18/h2-8H,9-10H2,1H3,(H,19,21). The number of halogens is 3. The summed E-state index contributed by atoms with van der Waals surface area (Å²) in [5, 5.41) is 2.45. The van der Waals surface area contributed by atoms with Crippen molar-refractivity contribution in [1.29, 1.82) is 0 Å². The zero-order valence-corrected chi connectivity index (χ0v) is 11.9. The Labute approximate surface area is 125 Å². The summed E-state index contributed by atoms with van der Waals surface area (Å²) in [7, 11) is 1.72. The van der Waals surface area contributed by atoms with Crippen LogP contribution in [0, 0.1) is 0 Å². The summed E-state index contributed by atoms with van der Waals surface area (Å²) in [5.41, 5.74) is -0.680. The third-order valence-electron chi connectivity index (χ3n) is 2.89. The van der Waals surface area contributed by atoms with Crippen LogP contribution < -0.4 is 5.32 Å². The summed E-state index contributed by atoms with van der Waals surface area (Å²) in [5.74, 6) is 0.308. The third kappa shape index (κ3) is 4.63. The molecule has 0 unspecified atom stereocenters. The summed E-state index contributed by atoms with van der Waals surface area (Å²) in [6.07, 6.45) is -2.90. The van der Waals surface area contributed by atoms with Crippen LogP contribution in [0.2, 0.25) is 0 Å². The van der Waals surface area contributed by atoms with Crippen LogP contribution in [0.5, 0.6) is 0 Å². The molecule has 2 aromatic rings. The molecule has 0 aliphatic carbocycles. The fraction of sp³-hybridized carbons (Fsp3) is 0.267. The molecule has 0 saturated heterocycles. The van der Waals surface area contributed by atoms with Crippen molar-refractivity contribution in [2.45, 2.75) is 12.7 Å². The number of nitrogens with zero attached hydrogens (tertiary/aromatic N) is 1. The molecule has 22 heavy (non-hydrogen) atoms. The summed E-state index contributed by atoms with van der Waals surface area (Å²) in [6.45, 7) is 0.472. The van der Waals surface area contributed by atoms with Gasteiger partial charge in [0, 0.05) is 5.69 Å². The van der Waals surface area contributed by atoms with Crippen molar-refractivity contribution < 1.29 is 22.4 Å². The molecule has 7 heteroatoms. The van der Waals surface area contributed by atoms with Gasteiger partial charge in [-0.25, -0.2) is 0 Å². The van der Waals surface area contributed by atoms with Gasteiger partial charge in [-0.3, -0.25) is 9.69 Å². The molecule has 0 bridgehead atoms. The van der Waals surface area contributed by atoms with Gasteiger partial charge in [-0.2, -0.15) is 13.2 Å². The molecule has 0 fully saturated rings. The zero-order valence-electron chi connectivity index (χ0n) is 11.9. The average Bonchev–Trinajstić information content (AvgIpc) is 2.90. The van der Waals surface area contributed by atoms with Crippen molar-refractivity contribution in [3.63, 3.8) is 0 Å². The number of alkyl halides is 3. The van der Waals surface area contributed by atoms with Gasteiger partial charge in [0.05, 0.1) is 24.9 Å². The Morgan fingerprint density at radius 3 is 2.68 bits per heavy atom. The Morgan fingerprint density at radius 2 is 2.05 bits per heavy atom. The number of likely N-dealkylation sites (N-methyl/N-ethyl adjacent to an activating group) is 1. The number of amides is 1. The van der Waals surface area contributed by atoms with Gasteiger partial charge in [0.2, 0.25) is 5.91 Å². The molecule has 1 N–H and O–H groups in total. The number of furan rings is 1. The summed E-state index contributed by atoms with van der Waals surface area (Å²) < 4.78 is 42.9. The molecule has 0 atom stereocenters. The fourth-order valence-corrected chi connectivity index (χ4v) is 1.94. The number of hydrogen-bond donors (Lipinski definition) is 1. The minimum absolute atomic E-state index is 0.0386. The molecule has 4 nitrogen and oxygen atoms in total. The first-order valence-corrected chi connectivity index (χ1v) is 6.52. The highest BCUT2D eigenvalue weighted by Gasteiger charge is 2.30. The van der Waals surface area contributed by atoms with Gasteiger partial charge < -0.3 is 9.73 Å². The van der Waals surface area contributed by atoms with Crippen LogP contribution >= 0.6 is 0 Å². The second kappa shape index (κ2) is 6.65. The molecule has 1 amide bonds. The molecule has 0 radical (unpaired) electrons. The van der Waals surface area contributed by atoms with E-state index in [2.05, 4.69) is 5.32 Å². The van der Waals surface area contributed by atoms with E-state index in [1.807, 2.05) is 0 Å². The Kier molecular flexibility index (Phi) is 4.87. The predicted octanol–water partition coefficient (Wildman–Crippen LogP) is 3.37. The van der Waals surface area contributed by atoms with Crippen molar-refractivity contribution >= 4 is 11.6 Å². The highest BCUT2D eigenvalue weighted by molar-refractivity contribution is 5.92. The van der Waals surface area contributed by atoms with Gasteiger partial charge in [-0.1, -0.05) is 6.07 Å². The van der Waals surface area contributed by atoms with E-state index in [4.69, 9.17) is 4.42 Å². The first-order chi connectivity index (χ1) is 10.3. The quantitative estimate of drug-likeness (QED) is 0.920. The van der Waals surface area contributed by atoms with E-state index in [0.29, 0.717) is 12.3 Å². The molecule has 0 aliphatic rings. The van der Waals surface area contributed by atoms with E-state index < -0.39 is 17.6 Å². The van der Waals surface area contributed by atoms with Crippen molar-refractivity contribution in [1.82, 2.24) is 4.90 Å². The van der Waals surface area contributed by atoms with E-state index in [-0.39, 0.29) is 12.2 Å². The maximum Gasteiger partial charge on any atom is 0.416 e. The number of rotatable bonds is 5. The number of carbonyl (C=O) groups is 1. The Bertz CT molecular complexity index is 624. The van der Waals surface area contributed by atoms with E-state index in [0.717, 1.165) is 12.1 Å². The van der Waals surface area contributed by atoms with Crippen molar-refractivity contribution in [3.8, 4) is 0 Å². The smallest absolute Gasteiger partial charge is 0.416 e. The van der Waals surface area contributed by atoms with Gasteiger partial charge in [-0.15, -0.1) is 0 Å². The largest absolute Gasteiger partial charge is 0.468 e. The second-order valence-corrected chi connectivity index (χ2v) is 4.88. The van der Waals surface area contributed by atoms with Gasteiger partial charge in [0.1, 0.15) is 5.76 Å². The highest BCUT2D eigenvalue weighted by atomic mass is 19.4. The second-order valence-electron chi connectivity index (χ2n) is 4.88. The zero-order chi connectivity index (χ0) is 16.2. The lowest BCUT2D eigenvalue weighted by molar-refractivity contribution is -0.137. The Balaban J connectivity index is 1.91. The number of anilines is 1. The van der Waals surface area contributed by atoms with Crippen LogP contribution in [0.4, 0.5) is 18.9 Å². The Morgan fingerprint density at radius 1 is 1.27 bits per heavy atom. The van der Waals surface area contributed by atoms with Gasteiger partial charge in [-0.05, 0) is 37.4 Å². The summed E-state index contributed by atoms with van der Waals surface area (Å²) in [6, 6.07) is 8.06. The summed E-state index contributed by atoms with van der Waals surface area (Å²) in [4.78, 5) is 13.5. The predicted molar refractivity (Wildman–Crippen MR) is 75.1 cm³/mol. The first kappa shape index (κ1) is 16.1. The minimum Gasteiger partial charge on any atom is -0.468 e. The molecule has 2 rings (SSSR count). The third-order valence-corrected chi connectivity index (χ3v) is 2.89. The number of carbonyl (C=O) groups excluding carboxylic acids is 1. The van der Waals surface area contributed by atoms with Crippen molar-refractivity contribution in [2.24, 2.45) is 0 Å². The van der Waals surface area contributed by atoms with Gasteiger partial charge in [0.25, 0.3) is 0 Å². The molecule has 0 spiro atoms. The lowest BCUT2D eigenvalue weighted by Gasteiger charge is -2.15. The minimum atomic E-state index is -4.43.